The molecule has 2 aromatic carbocycles. The third-order valence-electron chi connectivity index (χ3n) is 3.93. The van der Waals surface area contributed by atoms with E-state index in [1.165, 1.54) is 12.1 Å². The number of carbonyl (C=O) groups is 1. The van der Waals surface area contributed by atoms with Crippen LogP contribution >= 0.6 is 0 Å². The van der Waals surface area contributed by atoms with Gasteiger partial charge < -0.3 is 4.74 Å². The lowest BCUT2D eigenvalue weighted by Crippen LogP contribution is -2.22. The molecule has 13 heteroatoms. The van der Waals surface area contributed by atoms with Gasteiger partial charge in [-0.3, -0.25) is 10.1 Å². The van der Waals surface area contributed by atoms with Gasteiger partial charge in [-0.1, -0.05) is 30.3 Å². The summed E-state index contributed by atoms with van der Waals surface area (Å²) in [5.41, 5.74) is -5.15. The van der Waals surface area contributed by atoms with Crippen molar-refractivity contribution < 1.29 is 40.8 Å². The van der Waals surface area contributed by atoms with E-state index in [1.54, 1.807) is 18.2 Å². The highest BCUT2D eigenvalue weighted by Crippen LogP contribution is 2.42. The van der Waals surface area contributed by atoms with Crippen molar-refractivity contribution in [3.8, 4) is 0 Å². The van der Waals surface area contributed by atoms with E-state index in [-0.39, 0.29) is 10.6 Å². The van der Waals surface area contributed by atoms with Crippen LogP contribution in [0.4, 0.5) is 36.8 Å². The second-order valence-electron chi connectivity index (χ2n) is 5.89. The molecule has 0 atom stereocenters. The largest absolute Gasteiger partial charge is 0.450 e. The molecule has 158 valence electrons. The Labute approximate surface area is 162 Å². The molecule has 1 aromatic heterocycles. The van der Waals surface area contributed by atoms with E-state index in [4.69, 9.17) is 4.74 Å². The van der Waals surface area contributed by atoms with Crippen LogP contribution in [0.15, 0.2) is 42.5 Å². The van der Waals surface area contributed by atoms with E-state index in [1.807, 2.05) is 0 Å². The number of nitro benzene ring substituents is 1. The molecule has 0 spiro atoms. The fraction of sp³-hybridized carbons (Fsp3) is 0.176. The zero-order chi connectivity index (χ0) is 22.3. The summed E-state index contributed by atoms with van der Waals surface area (Å²) in [6.07, 6.45) is -12.1. The lowest BCUT2D eigenvalue weighted by atomic mass is 10.1. The minimum atomic E-state index is -5.31. The van der Waals surface area contributed by atoms with Crippen molar-refractivity contribution in [1.29, 1.82) is 0 Å². The smallest absolute Gasteiger partial charge is 0.444 e. The summed E-state index contributed by atoms with van der Waals surface area (Å²) >= 11 is 0. The highest BCUT2D eigenvalue weighted by molar-refractivity contribution is 5.93. The molecule has 7 nitrogen and oxygen atoms in total. The average molecular weight is 433 g/mol. The van der Waals surface area contributed by atoms with Crippen molar-refractivity contribution in [1.82, 2.24) is 9.55 Å². The first-order valence-corrected chi connectivity index (χ1v) is 7.96. The molecule has 0 saturated carbocycles. The predicted octanol–water partition coefficient (Wildman–Crippen LogP) is 5.17. The van der Waals surface area contributed by atoms with Gasteiger partial charge in [0.05, 0.1) is 10.4 Å². The van der Waals surface area contributed by atoms with Crippen molar-refractivity contribution in [3.63, 3.8) is 0 Å². The topological polar surface area (TPSA) is 87.3 Å². The number of fused-ring (bicyclic) bond motifs is 1. The van der Waals surface area contributed by atoms with E-state index in [0.29, 0.717) is 11.6 Å². The summed E-state index contributed by atoms with van der Waals surface area (Å²) in [7, 11) is 0. The molecule has 0 saturated heterocycles. The third-order valence-corrected chi connectivity index (χ3v) is 3.93. The van der Waals surface area contributed by atoms with Crippen molar-refractivity contribution in [3.05, 3.63) is 69.5 Å². The summed E-state index contributed by atoms with van der Waals surface area (Å²) in [6, 6.07) is 8.56. The molecule has 3 aromatic rings. The number of hydrogen-bond acceptors (Lipinski definition) is 5. The van der Waals surface area contributed by atoms with E-state index < -0.39 is 58.1 Å². The van der Waals surface area contributed by atoms with Gasteiger partial charge in [0.1, 0.15) is 12.2 Å². The van der Waals surface area contributed by atoms with Gasteiger partial charge in [-0.05, 0) is 17.7 Å². The van der Waals surface area contributed by atoms with E-state index in [0.717, 1.165) is 0 Å². The Kier molecular flexibility index (Phi) is 5.14. The number of carbonyl (C=O) groups excluding carboxylic acids is 1. The molecule has 0 unspecified atom stereocenters. The summed E-state index contributed by atoms with van der Waals surface area (Å²) in [6.45, 7) is -0.445. The van der Waals surface area contributed by atoms with Gasteiger partial charge in [0.2, 0.25) is 5.82 Å². The molecule has 1 heterocycles. The Bertz CT molecular complexity index is 1120. The maximum absolute atomic E-state index is 13.4. The maximum atomic E-state index is 13.4. The first-order chi connectivity index (χ1) is 13.9. The molecule has 0 aliphatic rings. The Balaban J connectivity index is 2.18. The van der Waals surface area contributed by atoms with E-state index in [9.17, 15) is 41.3 Å². The molecular formula is C17H9F6N3O4. The Morgan fingerprint density at radius 3 is 2.20 bits per heavy atom. The van der Waals surface area contributed by atoms with Crippen LogP contribution in [-0.2, 0) is 23.7 Å². The number of ether oxygens (including phenoxy) is 1. The van der Waals surface area contributed by atoms with E-state index in [2.05, 4.69) is 4.98 Å². The quantitative estimate of drug-likeness (QED) is 0.323. The second-order valence-corrected chi connectivity index (χ2v) is 5.89. The van der Waals surface area contributed by atoms with Gasteiger partial charge in [-0.15, -0.1) is 0 Å². The number of rotatable bonds is 3. The summed E-state index contributed by atoms with van der Waals surface area (Å²) < 4.78 is 84.1. The average Bonchev–Trinajstić information content (AvgIpc) is 3.05. The van der Waals surface area contributed by atoms with E-state index >= 15 is 0 Å². The number of hydrogen-bond donors (Lipinski definition) is 0. The molecule has 0 fully saturated rings. The molecule has 0 aliphatic carbocycles. The summed E-state index contributed by atoms with van der Waals surface area (Å²) in [5, 5.41) is 11.2. The number of imidazole rings is 1. The summed E-state index contributed by atoms with van der Waals surface area (Å²) in [4.78, 5) is 25.0. The minimum Gasteiger partial charge on any atom is -0.444 e. The number of nitrogens with zero attached hydrogens (tertiary/aromatic N) is 3. The Morgan fingerprint density at radius 2 is 1.67 bits per heavy atom. The fourth-order valence-corrected chi connectivity index (χ4v) is 2.70. The zero-order valence-electron chi connectivity index (χ0n) is 14.5. The van der Waals surface area contributed by atoms with Crippen LogP contribution in [-0.4, -0.2) is 20.6 Å². The van der Waals surface area contributed by atoms with Crippen LogP contribution in [0, 0.1) is 10.1 Å². The van der Waals surface area contributed by atoms with Crippen molar-refractivity contribution in [2.75, 3.05) is 0 Å². The van der Waals surface area contributed by atoms with Crippen LogP contribution in [0.25, 0.3) is 11.0 Å². The SMILES string of the molecule is O=C(OCc1ccccc1)n1c(C(F)(F)F)nc2c([N+](=O)[O-])c(C(F)(F)F)ccc21. The number of aromatic nitrogens is 2. The fourth-order valence-electron chi connectivity index (χ4n) is 2.70. The second kappa shape index (κ2) is 7.31. The number of halogens is 6. The predicted molar refractivity (Wildman–Crippen MR) is 88.4 cm³/mol. The Hall–Kier alpha value is -3.64. The molecule has 0 amide bonds. The van der Waals surface area contributed by atoms with Crippen LogP contribution in [0.3, 0.4) is 0 Å². The lowest BCUT2D eigenvalue weighted by Gasteiger charge is -2.11. The number of alkyl halides is 6. The van der Waals surface area contributed by atoms with Crippen LogP contribution in [0.1, 0.15) is 17.0 Å². The minimum absolute atomic E-state index is 0.134. The highest BCUT2D eigenvalue weighted by Gasteiger charge is 2.45. The van der Waals surface area contributed by atoms with Crippen LogP contribution in [0.5, 0.6) is 0 Å². The van der Waals surface area contributed by atoms with Gasteiger partial charge in [-0.25, -0.2) is 14.3 Å². The third kappa shape index (κ3) is 3.90. The van der Waals surface area contributed by atoms with Gasteiger partial charge in [-0.2, -0.15) is 26.3 Å². The van der Waals surface area contributed by atoms with Crippen molar-refractivity contribution in [2.45, 2.75) is 19.0 Å². The van der Waals surface area contributed by atoms with Crippen LogP contribution < -0.4 is 0 Å². The molecular weight excluding hydrogens is 424 g/mol. The van der Waals surface area contributed by atoms with Crippen molar-refractivity contribution in [2.24, 2.45) is 0 Å². The molecule has 0 radical (unpaired) electrons. The first kappa shape index (κ1) is 21.1. The van der Waals surface area contributed by atoms with Gasteiger partial charge in [0.25, 0.3) is 0 Å². The molecule has 30 heavy (non-hydrogen) atoms. The maximum Gasteiger partial charge on any atom is 0.450 e. The van der Waals surface area contributed by atoms with Gasteiger partial charge >= 0.3 is 24.1 Å². The van der Waals surface area contributed by atoms with Gasteiger partial charge in [0, 0.05) is 0 Å². The lowest BCUT2D eigenvalue weighted by molar-refractivity contribution is -0.386. The molecule has 3 rings (SSSR count). The molecule has 0 bridgehead atoms. The first-order valence-electron chi connectivity index (χ1n) is 7.96. The number of benzene rings is 2. The summed E-state index contributed by atoms with van der Waals surface area (Å²) in [5.74, 6) is -1.95. The normalized spacial score (nSPS) is 12.2. The van der Waals surface area contributed by atoms with Crippen LogP contribution in [0.2, 0.25) is 0 Å². The Morgan fingerprint density at radius 1 is 1.03 bits per heavy atom. The number of nitro groups is 1. The molecule has 0 N–H and O–H groups in total. The standard InChI is InChI=1S/C17H9F6N3O4/c18-16(19,20)10-6-7-11-12(13(10)26(28)29)24-14(17(21,22)23)25(11)15(27)30-8-9-4-2-1-3-5-9/h1-7H,8H2. The highest BCUT2D eigenvalue weighted by atomic mass is 19.4. The molecule has 0 aliphatic heterocycles. The monoisotopic (exact) mass is 433 g/mol. The van der Waals surface area contributed by atoms with Gasteiger partial charge in [0.15, 0.2) is 5.52 Å². The zero-order valence-corrected chi connectivity index (χ0v) is 14.5. The van der Waals surface area contributed by atoms with Crippen molar-refractivity contribution >= 4 is 22.8 Å².